The van der Waals surface area contributed by atoms with Crippen molar-refractivity contribution >= 4 is 17.7 Å². The van der Waals surface area contributed by atoms with Crippen LogP contribution in [0.25, 0.3) is 0 Å². The van der Waals surface area contributed by atoms with Crippen molar-refractivity contribution in [2.75, 3.05) is 26.2 Å². The normalized spacial score (nSPS) is 24.6. The van der Waals surface area contributed by atoms with Crippen LogP contribution >= 0.6 is 0 Å². The minimum atomic E-state index is -0.135. The second-order valence-electron chi connectivity index (χ2n) is 8.46. The predicted octanol–water partition coefficient (Wildman–Crippen LogP) is 2.41. The third-order valence-electron chi connectivity index (χ3n) is 6.49. The van der Waals surface area contributed by atoms with Gasteiger partial charge in [0.1, 0.15) is 0 Å². The monoisotopic (exact) mass is 398 g/mol. The van der Waals surface area contributed by atoms with Gasteiger partial charge in [-0.1, -0.05) is 43.2 Å². The van der Waals surface area contributed by atoms with Crippen molar-refractivity contribution < 1.29 is 19.1 Å². The van der Waals surface area contributed by atoms with E-state index in [4.69, 9.17) is 4.74 Å². The van der Waals surface area contributed by atoms with Gasteiger partial charge in [-0.15, -0.1) is 0 Å². The Morgan fingerprint density at radius 1 is 1.00 bits per heavy atom. The number of carbonyl (C=O) groups excluding carboxylic acids is 3. The molecular formula is C23H30N2O4. The number of hydrogen-bond acceptors (Lipinski definition) is 4. The summed E-state index contributed by atoms with van der Waals surface area (Å²) in [5.41, 5.74) is 1.31. The summed E-state index contributed by atoms with van der Waals surface area (Å²) in [6.07, 6.45) is 5.96. The van der Waals surface area contributed by atoms with Gasteiger partial charge in [0.15, 0.2) is 0 Å². The molecule has 0 spiro atoms. The van der Waals surface area contributed by atoms with Crippen LogP contribution < -0.4 is 0 Å². The molecule has 2 saturated heterocycles. The first-order valence-electron chi connectivity index (χ1n) is 10.9. The Bertz CT molecular complexity index is 721. The van der Waals surface area contributed by atoms with Gasteiger partial charge in [0, 0.05) is 32.7 Å². The molecule has 2 aliphatic heterocycles. The molecule has 4 rings (SSSR count). The molecule has 1 aromatic carbocycles. The maximum Gasteiger partial charge on any atom is 0.233 e. The molecule has 0 bridgehead atoms. The third-order valence-corrected chi connectivity index (χ3v) is 6.49. The van der Waals surface area contributed by atoms with Crippen molar-refractivity contribution in [3.8, 4) is 0 Å². The molecule has 0 unspecified atom stereocenters. The number of aryl methyl sites for hydroxylation is 1. The highest BCUT2D eigenvalue weighted by Crippen LogP contribution is 2.38. The number of hydrogen-bond donors (Lipinski definition) is 0. The maximum atomic E-state index is 12.5. The standard InChI is InChI=1S/C23H30N2O4/c26-21(12-13-25-22(27)19-10-4-5-11-20(19)23(25)28)24-15-18(16-24)29-14-6-9-17-7-2-1-3-8-17/h1-3,7-8,18-20H,4-6,9-16H2/t19-,20-/m1/s1. The van der Waals surface area contributed by atoms with Crippen LogP contribution in [0.2, 0.25) is 0 Å². The topological polar surface area (TPSA) is 66.9 Å². The van der Waals surface area contributed by atoms with Gasteiger partial charge in [-0.2, -0.15) is 0 Å². The van der Waals surface area contributed by atoms with Crippen LogP contribution in [0.4, 0.5) is 0 Å². The Hall–Kier alpha value is -2.21. The number of imide groups is 1. The fourth-order valence-electron chi connectivity index (χ4n) is 4.74. The second-order valence-corrected chi connectivity index (χ2v) is 8.46. The zero-order valence-corrected chi connectivity index (χ0v) is 16.9. The lowest BCUT2D eigenvalue weighted by Crippen LogP contribution is -2.55. The Morgan fingerprint density at radius 3 is 2.31 bits per heavy atom. The molecular weight excluding hydrogens is 368 g/mol. The minimum absolute atomic E-state index is 0.00427. The van der Waals surface area contributed by atoms with E-state index in [1.165, 1.54) is 10.5 Å². The Balaban J connectivity index is 1.12. The number of ether oxygens (including phenoxy) is 1. The fourth-order valence-corrected chi connectivity index (χ4v) is 4.74. The van der Waals surface area contributed by atoms with Crippen LogP contribution in [0.15, 0.2) is 30.3 Å². The van der Waals surface area contributed by atoms with E-state index in [0.29, 0.717) is 19.7 Å². The maximum absolute atomic E-state index is 12.5. The summed E-state index contributed by atoms with van der Waals surface area (Å²) in [6.45, 7) is 2.14. The van der Waals surface area contributed by atoms with E-state index < -0.39 is 0 Å². The summed E-state index contributed by atoms with van der Waals surface area (Å²) in [7, 11) is 0. The van der Waals surface area contributed by atoms with Crippen molar-refractivity contribution in [2.24, 2.45) is 11.8 Å². The first-order valence-corrected chi connectivity index (χ1v) is 10.9. The summed E-state index contributed by atoms with van der Waals surface area (Å²) >= 11 is 0. The summed E-state index contributed by atoms with van der Waals surface area (Å²) < 4.78 is 5.84. The van der Waals surface area contributed by atoms with Crippen molar-refractivity contribution in [3.05, 3.63) is 35.9 Å². The molecule has 2 heterocycles. The Morgan fingerprint density at radius 2 is 1.66 bits per heavy atom. The first kappa shape index (κ1) is 20.1. The summed E-state index contributed by atoms with van der Waals surface area (Å²) in [6, 6.07) is 10.3. The van der Waals surface area contributed by atoms with Gasteiger partial charge < -0.3 is 9.64 Å². The molecule has 1 aromatic rings. The highest BCUT2D eigenvalue weighted by molar-refractivity contribution is 6.05. The summed E-state index contributed by atoms with van der Waals surface area (Å²) in [5, 5.41) is 0. The van der Waals surface area contributed by atoms with Crippen LogP contribution in [0.3, 0.4) is 0 Å². The van der Waals surface area contributed by atoms with Crippen molar-refractivity contribution in [1.82, 2.24) is 9.80 Å². The summed E-state index contributed by atoms with van der Waals surface area (Å²) in [4.78, 5) is 40.5. The number of nitrogens with zero attached hydrogens (tertiary/aromatic N) is 2. The molecule has 0 radical (unpaired) electrons. The van der Waals surface area contributed by atoms with E-state index in [-0.39, 0.29) is 48.6 Å². The van der Waals surface area contributed by atoms with E-state index in [9.17, 15) is 14.4 Å². The number of fused-ring (bicyclic) bond motifs is 1. The van der Waals surface area contributed by atoms with Crippen LogP contribution in [0.1, 0.15) is 44.1 Å². The smallest absolute Gasteiger partial charge is 0.233 e. The van der Waals surface area contributed by atoms with E-state index in [1.54, 1.807) is 4.90 Å². The van der Waals surface area contributed by atoms with Crippen LogP contribution in [-0.2, 0) is 25.5 Å². The SMILES string of the molecule is O=C(CCN1C(=O)[C@@H]2CCCC[C@H]2C1=O)N1CC(OCCCc2ccccc2)C1. The highest BCUT2D eigenvalue weighted by Gasteiger charge is 2.48. The molecule has 3 amide bonds. The molecule has 29 heavy (non-hydrogen) atoms. The molecule has 1 saturated carbocycles. The number of carbonyl (C=O) groups is 3. The third kappa shape index (κ3) is 4.53. The van der Waals surface area contributed by atoms with E-state index >= 15 is 0 Å². The summed E-state index contributed by atoms with van der Waals surface area (Å²) in [5.74, 6) is -0.385. The number of benzene rings is 1. The van der Waals surface area contributed by atoms with E-state index in [0.717, 1.165) is 38.5 Å². The molecule has 0 N–H and O–H groups in total. The highest BCUT2D eigenvalue weighted by atomic mass is 16.5. The van der Waals surface area contributed by atoms with Crippen LogP contribution in [0.5, 0.6) is 0 Å². The molecule has 0 aromatic heterocycles. The van der Waals surface area contributed by atoms with Crippen LogP contribution in [0, 0.1) is 11.8 Å². The fraction of sp³-hybridized carbons (Fsp3) is 0.609. The minimum Gasteiger partial charge on any atom is -0.375 e. The van der Waals surface area contributed by atoms with Gasteiger partial charge in [0.25, 0.3) is 0 Å². The zero-order valence-electron chi connectivity index (χ0n) is 16.9. The lowest BCUT2D eigenvalue weighted by Gasteiger charge is -2.39. The predicted molar refractivity (Wildman–Crippen MR) is 108 cm³/mol. The zero-order chi connectivity index (χ0) is 20.2. The van der Waals surface area contributed by atoms with Crippen molar-refractivity contribution in [3.63, 3.8) is 0 Å². The van der Waals surface area contributed by atoms with Crippen molar-refractivity contribution in [2.45, 2.75) is 51.0 Å². The second kappa shape index (κ2) is 9.08. The molecule has 6 nitrogen and oxygen atoms in total. The van der Waals surface area contributed by atoms with Gasteiger partial charge in [0.05, 0.1) is 17.9 Å². The average Bonchev–Trinajstić information content (AvgIpc) is 2.96. The van der Waals surface area contributed by atoms with E-state index in [1.807, 2.05) is 18.2 Å². The molecule has 1 aliphatic carbocycles. The lowest BCUT2D eigenvalue weighted by atomic mass is 9.81. The van der Waals surface area contributed by atoms with Gasteiger partial charge in [-0.3, -0.25) is 19.3 Å². The molecule has 2 atom stereocenters. The molecule has 156 valence electrons. The molecule has 6 heteroatoms. The molecule has 3 fully saturated rings. The van der Waals surface area contributed by atoms with Crippen molar-refractivity contribution in [1.29, 1.82) is 0 Å². The van der Waals surface area contributed by atoms with Gasteiger partial charge in [0.2, 0.25) is 17.7 Å². The number of rotatable bonds is 8. The first-order chi connectivity index (χ1) is 14.1. The molecule has 3 aliphatic rings. The largest absolute Gasteiger partial charge is 0.375 e. The Labute approximate surface area is 172 Å². The quantitative estimate of drug-likeness (QED) is 0.498. The lowest BCUT2D eigenvalue weighted by molar-refractivity contribution is -0.146. The van der Waals surface area contributed by atoms with Gasteiger partial charge >= 0.3 is 0 Å². The average molecular weight is 399 g/mol. The van der Waals surface area contributed by atoms with Gasteiger partial charge in [-0.25, -0.2) is 0 Å². The Kier molecular flexibility index (Phi) is 6.28. The van der Waals surface area contributed by atoms with Crippen LogP contribution in [-0.4, -0.2) is 59.9 Å². The van der Waals surface area contributed by atoms with Gasteiger partial charge in [-0.05, 0) is 31.2 Å². The van der Waals surface area contributed by atoms with E-state index in [2.05, 4.69) is 12.1 Å². The number of amides is 3. The number of likely N-dealkylation sites (tertiary alicyclic amines) is 2.